The Morgan fingerprint density at radius 2 is 2.03 bits per heavy atom. The number of benzene rings is 1. The van der Waals surface area contributed by atoms with Gasteiger partial charge in [0.15, 0.2) is 11.6 Å². The van der Waals surface area contributed by atoms with Crippen molar-refractivity contribution in [1.82, 2.24) is 19.9 Å². The Hall–Kier alpha value is -2.97. The van der Waals surface area contributed by atoms with Crippen LogP contribution in [0.15, 0.2) is 43.2 Å². The molecule has 1 aliphatic carbocycles. The van der Waals surface area contributed by atoms with Crippen molar-refractivity contribution in [3.8, 4) is 5.88 Å². The summed E-state index contributed by atoms with van der Waals surface area (Å²) in [6.07, 6.45) is 4.77. The summed E-state index contributed by atoms with van der Waals surface area (Å²) in [5.41, 5.74) is 0.630. The second-order valence-corrected chi connectivity index (χ2v) is 8.71. The van der Waals surface area contributed by atoms with Gasteiger partial charge < -0.3 is 15.0 Å². The number of amides is 1. The van der Waals surface area contributed by atoms with Gasteiger partial charge in [-0.1, -0.05) is 29.8 Å². The van der Waals surface area contributed by atoms with E-state index in [0.29, 0.717) is 41.7 Å². The zero-order valence-electron chi connectivity index (χ0n) is 16.8. The van der Waals surface area contributed by atoms with E-state index in [4.69, 9.17) is 27.9 Å². The Morgan fingerprint density at radius 1 is 1.25 bits per heavy atom. The Labute approximate surface area is 193 Å². The molecular weight excluding hydrogens is 456 g/mol. The number of hydrogen-bond donors (Lipinski definition) is 1. The third kappa shape index (κ3) is 3.63. The predicted molar refractivity (Wildman–Crippen MR) is 120 cm³/mol. The largest absolute Gasteiger partial charge is 0.467 e. The number of rotatable bonds is 6. The van der Waals surface area contributed by atoms with Crippen LogP contribution in [0.2, 0.25) is 10.0 Å². The molecule has 1 amide bonds. The summed E-state index contributed by atoms with van der Waals surface area (Å²) in [4.78, 5) is 26.6. The standard InChI is InChI=1S/C22H18Cl2FN5O2/c1-2-17(31)30-9-22(10-30,12-3-4-12)32-16-8-7-15-20(29-16)21(27-11-26-15)28-14-6-5-13(23)18(24)19(14)25/h2,5-8,11-12H,1,3-4,9-10H2,(H,26,27,28). The van der Waals surface area contributed by atoms with E-state index < -0.39 is 11.4 Å². The van der Waals surface area contributed by atoms with Crippen LogP contribution in [0.25, 0.3) is 11.0 Å². The third-order valence-electron chi connectivity index (χ3n) is 5.78. The van der Waals surface area contributed by atoms with Crippen LogP contribution in [0, 0.1) is 11.7 Å². The molecule has 0 spiro atoms. The summed E-state index contributed by atoms with van der Waals surface area (Å²) < 4.78 is 20.8. The van der Waals surface area contributed by atoms with Crippen LogP contribution < -0.4 is 10.1 Å². The van der Waals surface area contributed by atoms with Crippen LogP contribution in [-0.2, 0) is 4.79 Å². The van der Waals surface area contributed by atoms with E-state index in [1.54, 1.807) is 17.0 Å². The van der Waals surface area contributed by atoms with Gasteiger partial charge in [-0.2, -0.15) is 0 Å². The number of hydrogen-bond acceptors (Lipinski definition) is 6. The highest BCUT2D eigenvalue weighted by Crippen LogP contribution is 2.47. The van der Waals surface area contributed by atoms with Gasteiger partial charge >= 0.3 is 0 Å². The molecule has 10 heteroatoms. The second kappa shape index (κ2) is 7.86. The minimum atomic E-state index is -0.688. The van der Waals surface area contributed by atoms with Crippen LogP contribution >= 0.6 is 23.2 Å². The number of nitrogens with one attached hydrogen (secondary N) is 1. The van der Waals surface area contributed by atoms with Gasteiger partial charge in [0.1, 0.15) is 17.4 Å². The molecule has 32 heavy (non-hydrogen) atoms. The van der Waals surface area contributed by atoms with Crippen molar-refractivity contribution < 1.29 is 13.9 Å². The summed E-state index contributed by atoms with van der Waals surface area (Å²) >= 11 is 11.8. The molecule has 0 unspecified atom stereocenters. The number of ether oxygens (including phenoxy) is 1. The summed E-state index contributed by atoms with van der Waals surface area (Å²) in [7, 11) is 0. The van der Waals surface area contributed by atoms with Crippen LogP contribution in [-0.4, -0.2) is 44.4 Å². The highest BCUT2D eigenvalue weighted by Gasteiger charge is 2.56. The van der Waals surface area contributed by atoms with Gasteiger partial charge in [0.25, 0.3) is 0 Å². The monoisotopic (exact) mass is 473 g/mol. The fraction of sp³-hybridized carbons (Fsp3) is 0.273. The molecular formula is C22H18Cl2FN5O2. The lowest BCUT2D eigenvalue weighted by Gasteiger charge is -2.49. The van der Waals surface area contributed by atoms with Gasteiger partial charge in [0, 0.05) is 12.0 Å². The van der Waals surface area contributed by atoms with Gasteiger partial charge in [-0.05, 0) is 37.1 Å². The summed E-state index contributed by atoms with van der Waals surface area (Å²) in [6, 6.07) is 6.47. The molecule has 1 N–H and O–H groups in total. The molecule has 1 saturated heterocycles. The lowest BCUT2D eigenvalue weighted by molar-refractivity contribution is -0.149. The first-order chi connectivity index (χ1) is 15.4. The fourth-order valence-electron chi connectivity index (χ4n) is 3.93. The molecule has 3 heterocycles. The van der Waals surface area contributed by atoms with E-state index in [9.17, 15) is 9.18 Å². The number of likely N-dealkylation sites (tertiary alicyclic amines) is 1. The molecule has 2 fully saturated rings. The van der Waals surface area contributed by atoms with Crippen LogP contribution in [0.4, 0.5) is 15.9 Å². The lowest BCUT2D eigenvalue weighted by Crippen LogP contribution is -2.67. The van der Waals surface area contributed by atoms with E-state index >= 15 is 0 Å². The van der Waals surface area contributed by atoms with E-state index in [2.05, 4.69) is 26.8 Å². The van der Waals surface area contributed by atoms with Gasteiger partial charge in [-0.15, -0.1) is 0 Å². The van der Waals surface area contributed by atoms with Gasteiger partial charge in [0.05, 0.1) is 34.3 Å². The average molecular weight is 474 g/mol. The fourth-order valence-corrected chi connectivity index (χ4v) is 4.24. The Balaban J connectivity index is 1.45. The van der Waals surface area contributed by atoms with Crippen molar-refractivity contribution in [2.75, 3.05) is 18.4 Å². The molecule has 5 rings (SSSR count). The Bertz CT molecular complexity index is 1240. The zero-order valence-corrected chi connectivity index (χ0v) is 18.3. The van der Waals surface area contributed by atoms with E-state index in [-0.39, 0.29) is 21.6 Å². The van der Waals surface area contributed by atoms with E-state index in [1.165, 1.54) is 24.5 Å². The number of fused-ring (bicyclic) bond motifs is 1. The number of pyridine rings is 1. The Kier molecular flexibility index (Phi) is 5.14. The predicted octanol–water partition coefficient (Wildman–Crippen LogP) is 4.77. The van der Waals surface area contributed by atoms with Crippen LogP contribution in [0.3, 0.4) is 0 Å². The maximum Gasteiger partial charge on any atom is 0.246 e. The van der Waals surface area contributed by atoms with Crippen molar-refractivity contribution in [2.45, 2.75) is 18.4 Å². The van der Waals surface area contributed by atoms with Crippen LogP contribution in [0.5, 0.6) is 5.88 Å². The maximum absolute atomic E-state index is 14.5. The van der Waals surface area contributed by atoms with Crippen molar-refractivity contribution in [2.24, 2.45) is 5.92 Å². The first-order valence-corrected chi connectivity index (χ1v) is 10.8. The second-order valence-electron chi connectivity index (χ2n) is 7.93. The Morgan fingerprint density at radius 3 is 2.75 bits per heavy atom. The number of aromatic nitrogens is 3. The molecule has 7 nitrogen and oxygen atoms in total. The van der Waals surface area contributed by atoms with Crippen molar-refractivity contribution in [1.29, 1.82) is 0 Å². The summed E-state index contributed by atoms with van der Waals surface area (Å²) in [5, 5.41) is 2.85. The first-order valence-electron chi connectivity index (χ1n) is 10.0. The van der Waals surface area contributed by atoms with Gasteiger partial charge in [-0.3, -0.25) is 4.79 Å². The minimum absolute atomic E-state index is 0.111. The quantitative estimate of drug-likeness (QED) is 0.410. The topological polar surface area (TPSA) is 80.2 Å². The van der Waals surface area contributed by atoms with E-state index in [1.807, 2.05) is 0 Å². The highest BCUT2D eigenvalue weighted by molar-refractivity contribution is 6.42. The van der Waals surface area contributed by atoms with Gasteiger partial charge in [-0.25, -0.2) is 19.3 Å². The molecule has 0 bridgehead atoms. The van der Waals surface area contributed by atoms with E-state index in [0.717, 1.165) is 12.8 Å². The number of anilines is 2. The third-order valence-corrected chi connectivity index (χ3v) is 6.56. The van der Waals surface area contributed by atoms with Crippen molar-refractivity contribution in [3.63, 3.8) is 0 Å². The molecule has 0 radical (unpaired) electrons. The smallest absolute Gasteiger partial charge is 0.246 e. The minimum Gasteiger partial charge on any atom is -0.467 e. The zero-order chi connectivity index (χ0) is 22.5. The van der Waals surface area contributed by atoms with Crippen LogP contribution in [0.1, 0.15) is 12.8 Å². The number of nitrogens with zero attached hydrogens (tertiary/aromatic N) is 4. The summed E-state index contributed by atoms with van der Waals surface area (Å²) in [5.74, 6) is 0.272. The molecule has 3 aromatic rings. The molecule has 1 aliphatic heterocycles. The average Bonchev–Trinajstić information content (AvgIpc) is 3.62. The number of halogens is 3. The molecule has 1 saturated carbocycles. The molecule has 164 valence electrons. The molecule has 2 aliphatic rings. The maximum atomic E-state index is 14.5. The normalized spacial score (nSPS) is 17.0. The lowest BCUT2D eigenvalue weighted by atomic mass is 9.88. The number of carbonyl (C=O) groups excluding carboxylic acids is 1. The first kappa shape index (κ1) is 20.9. The highest BCUT2D eigenvalue weighted by atomic mass is 35.5. The van der Waals surface area contributed by atoms with Crippen molar-refractivity contribution >= 4 is 51.6 Å². The summed E-state index contributed by atoms with van der Waals surface area (Å²) in [6.45, 7) is 4.53. The van der Waals surface area contributed by atoms with Crippen molar-refractivity contribution in [3.05, 3.63) is 59.1 Å². The molecule has 2 aromatic heterocycles. The molecule has 1 aromatic carbocycles. The molecule has 0 atom stereocenters. The number of carbonyl (C=O) groups is 1. The SMILES string of the molecule is C=CC(=O)N1CC(Oc2ccc3ncnc(Nc4ccc(Cl)c(Cl)c4F)c3n2)(C2CC2)C1. The van der Waals surface area contributed by atoms with Gasteiger partial charge in [0.2, 0.25) is 11.8 Å².